The lowest BCUT2D eigenvalue weighted by atomic mass is 10.1. The van der Waals surface area contributed by atoms with E-state index in [0.717, 1.165) is 22.9 Å². The third-order valence-electron chi connectivity index (χ3n) is 3.33. The molecule has 98 valence electrons. The first-order valence-corrected chi connectivity index (χ1v) is 6.98. The summed E-state index contributed by atoms with van der Waals surface area (Å²) in [4.78, 5) is 13.8. The average molecular weight is 312 g/mol. The molecular weight excluding hydrogens is 294 g/mol. The summed E-state index contributed by atoms with van der Waals surface area (Å²) in [6, 6.07) is 5.67. The van der Waals surface area contributed by atoms with Gasteiger partial charge in [0.2, 0.25) is 0 Å². The number of rotatable bonds is 4. The lowest BCUT2D eigenvalue weighted by Gasteiger charge is -2.21. The van der Waals surface area contributed by atoms with Crippen LogP contribution < -0.4 is 0 Å². The Morgan fingerprint density at radius 1 is 1.56 bits per heavy atom. The number of hydrogen-bond acceptors (Lipinski definition) is 2. The van der Waals surface area contributed by atoms with Crippen LogP contribution in [0.4, 0.5) is 0 Å². The van der Waals surface area contributed by atoms with Crippen LogP contribution in [0.2, 0.25) is 0 Å². The maximum Gasteiger partial charge on any atom is 0.254 e. The van der Waals surface area contributed by atoms with Crippen LogP contribution in [0.1, 0.15) is 28.8 Å². The van der Waals surface area contributed by atoms with Crippen molar-refractivity contribution in [3.63, 3.8) is 0 Å². The van der Waals surface area contributed by atoms with Crippen LogP contribution in [0.25, 0.3) is 0 Å². The number of aliphatic hydroxyl groups excluding tert-OH is 1. The number of likely N-dealkylation sites (N-methyl/N-ethyl adjacent to an activating group) is 1. The molecule has 1 saturated carbocycles. The van der Waals surface area contributed by atoms with Gasteiger partial charge in [-0.2, -0.15) is 0 Å². The molecule has 18 heavy (non-hydrogen) atoms. The Hall–Kier alpha value is -0.870. The van der Waals surface area contributed by atoms with Gasteiger partial charge in [0.15, 0.2) is 0 Å². The molecule has 1 amide bonds. The van der Waals surface area contributed by atoms with Gasteiger partial charge in [-0.3, -0.25) is 4.79 Å². The summed E-state index contributed by atoms with van der Waals surface area (Å²) in [6.45, 7) is 2.39. The van der Waals surface area contributed by atoms with Gasteiger partial charge in [-0.15, -0.1) is 0 Å². The normalized spacial score (nSPS) is 16.4. The molecule has 4 heteroatoms. The van der Waals surface area contributed by atoms with Crippen LogP contribution in [-0.4, -0.2) is 35.6 Å². The highest BCUT2D eigenvalue weighted by molar-refractivity contribution is 9.10. The molecule has 1 fully saturated rings. The van der Waals surface area contributed by atoms with Gasteiger partial charge in [-0.1, -0.05) is 6.07 Å². The van der Waals surface area contributed by atoms with Crippen molar-refractivity contribution in [2.75, 3.05) is 13.6 Å². The van der Waals surface area contributed by atoms with Crippen molar-refractivity contribution < 1.29 is 9.90 Å². The number of amides is 1. The molecule has 0 aromatic heterocycles. The standard InChI is InChI=1S/C14H18BrNO2/c1-9-3-6-11(12(15)7-9)14(18)16(2)8-13(17)10-4-5-10/h3,6-7,10,13,17H,4-5,8H2,1-2H3. The summed E-state index contributed by atoms with van der Waals surface area (Å²) in [5.41, 5.74) is 1.75. The maximum atomic E-state index is 12.2. The first-order chi connectivity index (χ1) is 8.49. The molecule has 0 spiro atoms. The van der Waals surface area contributed by atoms with Gasteiger partial charge in [-0.05, 0) is 59.3 Å². The maximum absolute atomic E-state index is 12.2. The van der Waals surface area contributed by atoms with Crippen molar-refractivity contribution in [1.82, 2.24) is 4.90 Å². The molecule has 2 rings (SSSR count). The number of aliphatic hydroxyl groups is 1. The van der Waals surface area contributed by atoms with E-state index >= 15 is 0 Å². The van der Waals surface area contributed by atoms with Crippen LogP contribution in [0.5, 0.6) is 0 Å². The second-order valence-electron chi connectivity index (χ2n) is 5.07. The number of carbonyl (C=O) groups excluding carboxylic acids is 1. The fourth-order valence-electron chi connectivity index (χ4n) is 1.99. The van der Waals surface area contributed by atoms with E-state index in [-0.39, 0.29) is 12.0 Å². The number of benzene rings is 1. The minimum Gasteiger partial charge on any atom is -0.391 e. The zero-order chi connectivity index (χ0) is 13.3. The van der Waals surface area contributed by atoms with E-state index in [2.05, 4.69) is 15.9 Å². The molecule has 1 aliphatic rings. The second kappa shape index (κ2) is 5.41. The van der Waals surface area contributed by atoms with E-state index in [4.69, 9.17) is 0 Å². The molecule has 1 atom stereocenters. The Kier molecular flexibility index (Phi) is 4.07. The van der Waals surface area contributed by atoms with Gasteiger partial charge < -0.3 is 10.0 Å². The average Bonchev–Trinajstić information content (AvgIpc) is 3.11. The van der Waals surface area contributed by atoms with Crippen molar-refractivity contribution in [2.24, 2.45) is 5.92 Å². The summed E-state index contributed by atoms with van der Waals surface area (Å²) in [5.74, 6) is 0.336. The molecule has 1 aromatic carbocycles. The molecule has 3 nitrogen and oxygen atoms in total. The quantitative estimate of drug-likeness (QED) is 0.928. The Morgan fingerprint density at radius 3 is 2.78 bits per heavy atom. The summed E-state index contributed by atoms with van der Waals surface area (Å²) in [7, 11) is 1.74. The zero-order valence-corrected chi connectivity index (χ0v) is 12.3. The van der Waals surface area contributed by atoms with Crippen LogP contribution in [0.15, 0.2) is 22.7 Å². The molecule has 1 aliphatic carbocycles. The van der Waals surface area contributed by atoms with Crippen LogP contribution >= 0.6 is 15.9 Å². The third-order valence-corrected chi connectivity index (χ3v) is 3.98. The molecular formula is C14H18BrNO2. The summed E-state index contributed by atoms with van der Waals surface area (Å²) in [6.07, 6.45) is 1.78. The fourth-order valence-corrected chi connectivity index (χ4v) is 2.66. The second-order valence-corrected chi connectivity index (χ2v) is 5.93. The molecule has 0 aliphatic heterocycles. The van der Waals surface area contributed by atoms with E-state index in [9.17, 15) is 9.90 Å². The molecule has 0 saturated heterocycles. The van der Waals surface area contributed by atoms with Gasteiger partial charge in [0.05, 0.1) is 11.7 Å². The monoisotopic (exact) mass is 311 g/mol. The van der Waals surface area contributed by atoms with E-state index in [0.29, 0.717) is 18.0 Å². The number of aryl methyl sites for hydroxylation is 1. The fraction of sp³-hybridized carbons (Fsp3) is 0.500. The Labute approximate surface area is 116 Å². The van der Waals surface area contributed by atoms with Gasteiger partial charge in [0.25, 0.3) is 5.91 Å². The molecule has 0 bridgehead atoms. The van der Waals surface area contributed by atoms with E-state index in [1.54, 1.807) is 11.9 Å². The van der Waals surface area contributed by atoms with Crippen molar-refractivity contribution in [3.8, 4) is 0 Å². The third kappa shape index (κ3) is 3.12. The van der Waals surface area contributed by atoms with Crippen molar-refractivity contribution in [2.45, 2.75) is 25.9 Å². The Morgan fingerprint density at radius 2 is 2.22 bits per heavy atom. The van der Waals surface area contributed by atoms with E-state index < -0.39 is 0 Å². The highest BCUT2D eigenvalue weighted by atomic mass is 79.9. The van der Waals surface area contributed by atoms with Gasteiger partial charge in [-0.25, -0.2) is 0 Å². The smallest absolute Gasteiger partial charge is 0.254 e. The first-order valence-electron chi connectivity index (χ1n) is 6.18. The number of hydrogen-bond donors (Lipinski definition) is 1. The van der Waals surface area contributed by atoms with Gasteiger partial charge >= 0.3 is 0 Å². The lowest BCUT2D eigenvalue weighted by Crippen LogP contribution is -2.35. The van der Waals surface area contributed by atoms with Crippen molar-refractivity contribution in [1.29, 1.82) is 0 Å². The van der Waals surface area contributed by atoms with Crippen LogP contribution in [0.3, 0.4) is 0 Å². The van der Waals surface area contributed by atoms with Crippen molar-refractivity contribution in [3.05, 3.63) is 33.8 Å². The number of halogens is 1. The van der Waals surface area contributed by atoms with Gasteiger partial charge in [0, 0.05) is 18.1 Å². The van der Waals surface area contributed by atoms with Gasteiger partial charge in [0.1, 0.15) is 0 Å². The Balaban J connectivity index is 2.04. The molecule has 1 unspecified atom stereocenters. The minimum atomic E-state index is -0.386. The number of nitrogens with zero attached hydrogens (tertiary/aromatic N) is 1. The molecule has 1 N–H and O–H groups in total. The highest BCUT2D eigenvalue weighted by Gasteiger charge is 2.31. The molecule has 0 heterocycles. The molecule has 0 radical (unpaired) electrons. The highest BCUT2D eigenvalue weighted by Crippen LogP contribution is 2.33. The predicted octanol–water partition coefficient (Wildman–Crippen LogP) is 2.60. The van der Waals surface area contributed by atoms with E-state index in [1.807, 2.05) is 25.1 Å². The predicted molar refractivity (Wildman–Crippen MR) is 74.6 cm³/mol. The van der Waals surface area contributed by atoms with Crippen LogP contribution in [0, 0.1) is 12.8 Å². The topological polar surface area (TPSA) is 40.5 Å². The lowest BCUT2D eigenvalue weighted by molar-refractivity contribution is 0.0644. The summed E-state index contributed by atoms with van der Waals surface area (Å²) in [5, 5.41) is 9.86. The van der Waals surface area contributed by atoms with Crippen molar-refractivity contribution >= 4 is 21.8 Å². The first kappa shape index (κ1) is 13.6. The van der Waals surface area contributed by atoms with Crippen LogP contribution in [-0.2, 0) is 0 Å². The Bertz CT molecular complexity index is 457. The summed E-state index contributed by atoms with van der Waals surface area (Å²) >= 11 is 3.41. The molecule has 1 aromatic rings. The zero-order valence-electron chi connectivity index (χ0n) is 10.7. The number of carbonyl (C=O) groups is 1. The minimum absolute atomic E-state index is 0.0541. The largest absolute Gasteiger partial charge is 0.391 e. The summed E-state index contributed by atoms with van der Waals surface area (Å²) < 4.78 is 0.806. The van der Waals surface area contributed by atoms with E-state index in [1.165, 1.54) is 0 Å². The SMILES string of the molecule is Cc1ccc(C(=O)N(C)CC(O)C2CC2)c(Br)c1.